The van der Waals surface area contributed by atoms with Crippen molar-refractivity contribution in [3.05, 3.63) is 34.9 Å². The Morgan fingerprint density at radius 2 is 1.67 bits per heavy atom. The minimum absolute atomic E-state index is 0.156. The third-order valence-electron chi connectivity index (χ3n) is 2.65. The van der Waals surface area contributed by atoms with Gasteiger partial charge in [0.2, 0.25) is 0 Å². The van der Waals surface area contributed by atoms with Crippen molar-refractivity contribution in [3.63, 3.8) is 0 Å². The fraction of sp³-hybridized carbons (Fsp3) is 0.538. The van der Waals surface area contributed by atoms with Gasteiger partial charge in [-0.3, -0.25) is 0 Å². The molecule has 2 N–H and O–H groups in total. The summed E-state index contributed by atoms with van der Waals surface area (Å²) in [4.78, 5) is 0. The molecule has 0 amide bonds. The van der Waals surface area contributed by atoms with Crippen LogP contribution in [-0.2, 0) is 0 Å². The zero-order chi connectivity index (χ0) is 11.3. The van der Waals surface area contributed by atoms with Crippen LogP contribution < -0.4 is 0 Å². The SMILES string of the molecule is Cc1cc(C)cc([C@H](CO)CCCO)c1. The Bertz CT molecular complexity index is 287. The van der Waals surface area contributed by atoms with E-state index in [1.54, 1.807) is 0 Å². The van der Waals surface area contributed by atoms with E-state index >= 15 is 0 Å². The van der Waals surface area contributed by atoms with E-state index in [4.69, 9.17) is 5.11 Å². The van der Waals surface area contributed by atoms with Crippen LogP contribution in [0.15, 0.2) is 18.2 Å². The van der Waals surface area contributed by atoms with Crippen LogP contribution >= 0.6 is 0 Å². The monoisotopic (exact) mass is 208 g/mol. The van der Waals surface area contributed by atoms with Crippen molar-refractivity contribution in [2.24, 2.45) is 0 Å². The second-order valence-corrected chi connectivity index (χ2v) is 4.17. The van der Waals surface area contributed by atoms with E-state index in [9.17, 15) is 5.11 Å². The zero-order valence-electron chi connectivity index (χ0n) is 9.53. The highest BCUT2D eigenvalue weighted by Gasteiger charge is 2.10. The quantitative estimate of drug-likeness (QED) is 0.778. The number of hydrogen-bond donors (Lipinski definition) is 2. The second kappa shape index (κ2) is 5.89. The maximum atomic E-state index is 9.31. The lowest BCUT2D eigenvalue weighted by Crippen LogP contribution is -2.05. The molecule has 0 radical (unpaired) electrons. The second-order valence-electron chi connectivity index (χ2n) is 4.17. The number of rotatable bonds is 5. The van der Waals surface area contributed by atoms with E-state index in [1.807, 2.05) is 0 Å². The Morgan fingerprint density at radius 3 is 2.13 bits per heavy atom. The van der Waals surface area contributed by atoms with Crippen molar-refractivity contribution in [3.8, 4) is 0 Å². The Kier molecular flexibility index (Phi) is 4.79. The molecule has 0 heterocycles. The van der Waals surface area contributed by atoms with E-state index in [0.717, 1.165) is 12.8 Å². The standard InChI is InChI=1S/C13H20O2/c1-10-6-11(2)8-13(7-10)12(9-15)4-3-5-14/h6-8,12,14-15H,3-5,9H2,1-2H3/t12-/m0/s1. The van der Waals surface area contributed by atoms with Crippen LogP contribution in [0.4, 0.5) is 0 Å². The Labute approximate surface area is 91.6 Å². The predicted octanol–water partition coefficient (Wildman–Crippen LogP) is 2.15. The van der Waals surface area contributed by atoms with E-state index in [0.29, 0.717) is 0 Å². The summed E-state index contributed by atoms with van der Waals surface area (Å²) in [5, 5.41) is 18.1. The average molecular weight is 208 g/mol. The van der Waals surface area contributed by atoms with Gasteiger partial charge in [-0.05, 0) is 32.3 Å². The first-order chi connectivity index (χ1) is 7.17. The Balaban J connectivity index is 2.81. The first kappa shape index (κ1) is 12.2. The maximum Gasteiger partial charge on any atom is 0.0499 e. The van der Waals surface area contributed by atoms with Gasteiger partial charge in [0.1, 0.15) is 0 Å². The normalized spacial score (nSPS) is 12.8. The Hall–Kier alpha value is -0.860. The molecule has 0 aliphatic rings. The number of hydrogen-bond acceptors (Lipinski definition) is 2. The predicted molar refractivity (Wildman–Crippen MR) is 62.1 cm³/mol. The van der Waals surface area contributed by atoms with Crippen molar-refractivity contribution in [1.82, 2.24) is 0 Å². The number of aliphatic hydroxyl groups excluding tert-OH is 2. The molecule has 1 rings (SSSR count). The van der Waals surface area contributed by atoms with Crippen LogP contribution in [0.5, 0.6) is 0 Å². The van der Waals surface area contributed by atoms with Crippen molar-refractivity contribution < 1.29 is 10.2 Å². The molecule has 0 spiro atoms. The first-order valence-corrected chi connectivity index (χ1v) is 5.47. The lowest BCUT2D eigenvalue weighted by atomic mass is 9.92. The highest BCUT2D eigenvalue weighted by atomic mass is 16.3. The van der Waals surface area contributed by atoms with Crippen LogP contribution in [0, 0.1) is 13.8 Å². The van der Waals surface area contributed by atoms with Gasteiger partial charge in [-0.1, -0.05) is 29.3 Å². The summed E-state index contributed by atoms with van der Waals surface area (Å²) in [5.74, 6) is 0.163. The van der Waals surface area contributed by atoms with Crippen LogP contribution in [-0.4, -0.2) is 23.4 Å². The number of aryl methyl sites for hydroxylation is 2. The van der Waals surface area contributed by atoms with Crippen molar-refractivity contribution in [2.75, 3.05) is 13.2 Å². The van der Waals surface area contributed by atoms with Crippen molar-refractivity contribution >= 4 is 0 Å². The third-order valence-corrected chi connectivity index (χ3v) is 2.65. The van der Waals surface area contributed by atoms with Gasteiger partial charge in [-0.25, -0.2) is 0 Å². The molecule has 0 fully saturated rings. The molecule has 0 saturated carbocycles. The fourth-order valence-electron chi connectivity index (χ4n) is 1.95. The first-order valence-electron chi connectivity index (χ1n) is 5.47. The van der Waals surface area contributed by atoms with E-state index in [1.165, 1.54) is 16.7 Å². The van der Waals surface area contributed by atoms with Crippen molar-refractivity contribution in [2.45, 2.75) is 32.6 Å². The lowest BCUT2D eigenvalue weighted by Gasteiger charge is -2.15. The van der Waals surface area contributed by atoms with Gasteiger partial charge >= 0.3 is 0 Å². The molecule has 0 aliphatic heterocycles. The summed E-state index contributed by atoms with van der Waals surface area (Å²) in [6.07, 6.45) is 1.59. The summed E-state index contributed by atoms with van der Waals surface area (Å²) in [6.45, 7) is 4.48. The highest BCUT2D eigenvalue weighted by molar-refractivity contribution is 5.31. The molecule has 0 saturated heterocycles. The molecule has 1 aromatic carbocycles. The summed E-state index contributed by atoms with van der Waals surface area (Å²) in [6, 6.07) is 6.36. The summed E-state index contributed by atoms with van der Waals surface area (Å²) in [7, 11) is 0. The van der Waals surface area contributed by atoms with Gasteiger partial charge in [-0.15, -0.1) is 0 Å². The van der Waals surface area contributed by atoms with Gasteiger partial charge < -0.3 is 10.2 Å². The minimum Gasteiger partial charge on any atom is -0.396 e. The highest BCUT2D eigenvalue weighted by Crippen LogP contribution is 2.22. The molecular formula is C13H20O2. The topological polar surface area (TPSA) is 40.5 Å². The number of aliphatic hydroxyl groups is 2. The van der Waals surface area contributed by atoms with Crippen LogP contribution in [0.25, 0.3) is 0 Å². The van der Waals surface area contributed by atoms with Crippen LogP contribution in [0.1, 0.15) is 35.4 Å². The van der Waals surface area contributed by atoms with Crippen LogP contribution in [0.2, 0.25) is 0 Å². The summed E-state index contributed by atoms with van der Waals surface area (Å²) < 4.78 is 0. The molecule has 0 bridgehead atoms. The van der Waals surface area contributed by atoms with Gasteiger partial charge in [-0.2, -0.15) is 0 Å². The van der Waals surface area contributed by atoms with Gasteiger partial charge in [0, 0.05) is 19.1 Å². The minimum atomic E-state index is 0.156. The largest absolute Gasteiger partial charge is 0.396 e. The maximum absolute atomic E-state index is 9.31. The van der Waals surface area contributed by atoms with Crippen molar-refractivity contribution in [1.29, 1.82) is 0 Å². The molecule has 0 aliphatic carbocycles. The molecule has 1 atom stereocenters. The third kappa shape index (κ3) is 3.65. The molecule has 2 heteroatoms. The van der Waals surface area contributed by atoms with Crippen LogP contribution in [0.3, 0.4) is 0 Å². The lowest BCUT2D eigenvalue weighted by molar-refractivity contribution is 0.237. The summed E-state index contributed by atoms with van der Waals surface area (Å²) >= 11 is 0. The zero-order valence-corrected chi connectivity index (χ0v) is 9.53. The molecule has 1 aromatic rings. The Morgan fingerprint density at radius 1 is 1.07 bits per heavy atom. The van der Waals surface area contributed by atoms with Gasteiger partial charge in [0.15, 0.2) is 0 Å². The molecule has 0 unspecified atom stereocenters. The van der Waals surface area contributed by atoms with E-state index in [-0.39, 0.29) is 19.1 Å². The average Bonchev–Trinajstić information content (AvgIpc) is 2.17. The fourth-order valence-corrected chi connectivity index (χ4v) is 1.95. The molecule has 84 valence electrons. The smallest absolute Gasteiger partial charge is 0.0499 e. The summed E-state index contributed by atoms with van der Waals surface area (Å²) in [5.41, 5.74) is 3.64. The molecule has 2 nitrogen and oxygen atoms in total. The molecular weight excluding hydrogens is 188 g/mol. The van der Waals surface area contributed by atoms with Gasteiger partial charge in [0.25, 0.3) is 0 Å². The van der Waals surface area contributed by atoms with Gasteiger partial charge in [0.05, 0.1) is 0 Å². The number of benzene rings is 1. The molecule has 15 heavy (non-hydrogen) atoms. The molecule has 0 aromatic heterocycles. The van der Waals surface area contributed by atoms with E-state index in [2.05, 4.69) is 32.0 Å². The van der Waals surface area contributed by atoms with E-state index < -0.39 is 0 Å².